The fourth-order valence-electron chi connectivity index (χ4n) is 3.49. The lowest BCUT2D eigenvalue weighted by atomic mass is 10.0. The van der Waals surface area contributed by atoms with Crippen LogP contribution in [0.1, 0.15) is 15.9 Å². The van der Waals surface area contributed by atoms with Gasteiger partial charge in [-0.1, -0.05) is 42.5 Å². The molecule has 0 aliphatic rings. The Kier molecular flexibility index (Phi) is 6.82. The summed E-state index contributed by atoms with van der Waals surface area (Å²) in [6, 6.07) is 22.7. The molecular weight excluding hydrogens is 483 g/mol. The van der Waals surface area contributed by atoms with E-state index in [1.807, 2.05) is 0 Å². The molecule has 0 saturated carbocycles. The standard InChI is InChI=1S/C26H21FN4O4S/c27-19-12-13-23(35-20-5-3-4-18(14-20)25(28)29)22(15-19)31-26(32)17-10-8-16(9-11-17)21-6-1-2-7-24(21)36(30,33)34/h1-15H,(H3,28,29)(H,31,32)(H2,30,33,34). The van der Waals surface area contributed by atoms with Crippen molar-refractivity contribution in [3.8, 4) is 22.6 Å². The largest absolute Gasteiger partial charge is 0.455 e. The summed E-state index contributed by atoms with van der Waals surface area (Å²) in [5.41, 5.74) is 7.27. The zero-order valence-electron chi connectivity index (χ0n) is 18.7. The molecule has 182 valence electrons. The van der Waals surface area contributed by atoms with E-state index in [1.54, 1.807) is 54.6 Å². The van der Waals surface area contributed by atoms with Gasteiger partial charge >= 0.3 is 0 Å². The van der Waals surface area contributed by atoms with Gasteiger partial charge in [0.25, 0.3) is 5.91 Å². The highest BCUT2D eigenvalue weighted by molar-refractivity contribution is 7.89. The number of rotatable bonds is 7. The van der Waals surface area contributed by atoms with E-state index < -0.39 is 21.7 Å². The molecule has 0 unspecified atom stereocenters. The number of hydrogen-bond donors (Lipinski definition) is 4. The second kappa shape index (κ2) is 9.98. The highest BCUT2D eigenvalue weighted by atomic mass is 32.2. The molecule has 4 aromatic carbocycles. The first-order valence-corrected chi connectivity index (χ1v) is 12.1. The SMILES string of the molecule is N=C(N)c1cccc(Oc2ccc(F)cc2NC(=O)c2ccc(-c3ccccc3S(N)(=O)=O)cc2)c1. The Hall–Kier alpha value is -4.54. The number of sulfonamides is 1. The lowest BCUT2D eigenvalue weighted by molar-refractivity contribution is 0.102. The number of primary sulfonamides is 1. The third-order valence-electron chi connectivity index (χ3n) is 5.21. The van der Waals surface area contributed by atoms with Gasteiger partial charge in [-0.25, -0.2) is 17.9 Å². The van der Waals surface area contributed by atoms with Crippen LogP contribution in [0, 0.1) is 11.2 Å². The minimum absolute atomic E-state index is 0.0300. The molecule has 0 aliphatic heterocycles. The molecule has 10 heteroatoms. The van der Waals surface area contributed by atoms with Crippen molar-refractivity contribution in [2.75, 3.05) is 5.32 Å². The van der Waals surface area contributed by atoms with Gasteiger partial charge in [0.1, 0.15) is 17.4 Å². The van der Waals surface area contributed by atoms with Gasteiger partial charge in [0.2, 0.25) is 10.0 Å². The number of nitrogen functional groups attached to an aromatic ring is 1. The number of nitrogens with two attached hydrogens (primary N) is 2. The number of amidine groups is 1. The van der Waals surface area contributed by atoms with Crippen LogP contribution in [0.2, 0.25) is 0 Å². The molecule has 36 heavy (non-hydrogen) atoms. The molecule has 0 atom stereocenters. The molecule has 4 aromatic rings. The summed E-state index contributed by atoms with van der Waals surface area (Å²) < 4.78 is 43.6. The van der Waals surface area contributed by atoms with Crippen LogP contribution >= 0.6 is 0 Å². The summed E-state index contributed by atoms with van der Waals surface area (Å²) in [4.78, 5) is 12.9. The maximum Gasteiger partial charge on any atom is 0.255 e. The number of benzene rings is 4. The number of carbonyl (C=O) groups excluding carboxylic acids is 1. The molecule has 0 bridgehead atoms. The summed E-state index contributed by atoms with van der Waals surface area (Å²) in [5, 5.41) is 15.5. The summed E-state index contributed by atoms with van der Waals surface area (Å²) >= 11 is 0. The van der Waals surface area contributed by atoms with Crippen molar-refractivity contribution < 1.29 is 22.3 Å². The van der Waals surface area contributed by atoms with Crippen LogP contribution in [0.25, 0.3) is 11.1 Å². The van der Waals surface area contributed by atoms with Crippen LogP contribution in [-0.4, -0.2) is 20.2 Å². The van der Waals surface area contributed by atoms with Crippen molar-refractivity contribution in [1.29, 1.82) is 5.41 Å². The van der Waals surface area contributed by atoms with Gasteiger partial charge in [0.15, 0.2) is 5.75 Å². The van der Waals surface area contributed by atoms with E-state index in [-0.39, 0.29) is 27.7 Å². The van der Waals surface area contributed by atoms with E-state index in [4.69, 9.17) is 21.0 Å². The van der Waals surface area contributed by atoms with Crippen molar-refractivity contribution >= 4 is 27.5 Å². The molecule has 0 radical (unpaired) electrons. The molecule has 0 fully saturated rings. The van der Waals surface area contributed by atoms with E-state index >= 15 is 0 Å². The Morgan fingerprint density at radius 1 is 0.889 bits per heavy atom. The second-order valence-electron chi connectivity index (χ2n) is 7.76. The maximum atomic E-state index is 14.0. The summed E-state index contributed by atoms with van der Waals surface area (Å²) in [7, 11) is -3.94. The van der Waals surface area contributed by atoms with Crippen molar-refractivity contribution in [1.82, 2.24) is 0 Å². The summed E-state index contributed by atoms with van der Waals surface area (Å²) in [6.07, 6.45) is 0. The van der Waals surface area contributed by atoms with E-state index in [1.165, 1.54) is 30.3 Å². The first kappa shape index (κ1) is 24.6. The molecule has 6 N–H and O–H groups in total. The molecule has 0 aromatic heterocycles. The third kappa shape index (κ3) is 5.57. The van der Waals surface area contributed by atoms with Crippen LogP contribution in [0.15, 0.2) is 95.9 Å². The molecule has 8 nitrogen and oxygen atoms in total. The monoisotopic (exact) mass is 504 g/mol. The van der Waals surface area contributed by atoms with Crippen LogP contribution in [0.3, 0.4) is 0 Å². The van der Waals surface area contributed by atoms with Crippen molar-refractivity contribution in [3.05, 3.63) is 108 Å². The topological polar surface area (TPSA) is 148 Å². The predicted octanol–water partition coefficient (Wildman–Crippen LogP) is 4.47. The quantitative estimate of drug-likeness (QED) is 0.216. The van der Waals surface area contributed by atoms with E-state index in [9.17, 15) is 17.6 Å². The lowest BCUT2D eigenvalue weighted by Crippen LogP contribution is -2.14. The zero-order valence-corrected chi connectivity index (χ0v) is 19.6. The highest BCUT2D eigenvalue weighted by Crippen LogP contribution is 2.32. The minimum Gasteiger partial charge on any atom is -0.455 e. The van der Waals surface area contributed by atoms with Crippen molar-refractivity contribution in [3.63, 3.8) is 0 Å². The van der Waals surface area contributed by atoms with Crippen molar-refractivity contribution in [2.45, 2.75) is 4.90 Å². The Morgan fingerprint density at radius 2 is 1.61 bits per heavy atom. The lowest BCUT2D eigenvalue weighted by Gasteiger charge is -2.14. The molecular formula is C26H21FN4O4S. The molecule has 0 heterocycles. The van der Waals surface area contributed by atoms with Crippen LogP contribution < -0.4 is 20.9 Å². The smallest absolute Gasteiger partial charge is 0.255 e. The molecule has 0 spiro atoms. The molecule has 0 saturated heterocycles. The maximum absolute atomic E-state index is 14.0. The van der Waals surface area contributed by atoms with Gasteiger partial charge in [-0.3, -0.25) is 10.2 Å². The van der Waals surface area contributed by atoms with Crippen LogP contribution in [-0.2, 0) is 10.0 Å². The fourth-order valence-corrected chi connectivity index (χ4v) is 4.25. The number of hydrogen-bond acceptors (Lipinski definition) is 5. The predicted molar refractivity (Wildman–Crippen MR) is 135 cm³/mol. The van der Waals surface area contributed by atoms with Crippen LogP contribution in [0.4, 0.5) is 10.1 Å². The van der Waals surface area contributed by atoms with E-state index in [0.717, 1.165) is 6.07 Å². The fraction of sp³-hybridized carbons (Fsp3) is 0. The molecule has 0 aliphatic carbocycles. The van der Waals surface area contributed by atoms with Crippen molar-refractivity contribution in [2.24, 2.45) is 10.9 Å². The van der Waals surface area contributed by atoms with Gasteiger partial charge in [0, 0.05) is 22.8 Å². The number of ether oxygens (including phenoxy) is 1. The first-order valence-electron chi connectivity index (χ1n) is 10.6. The van der Waals surface area contributed by atoms with Gasteiger partial charge in [-0.15, -0.1) is 0 Å². The Morgan fingerprint density at radius 3 is 2.31 bits per heavy atom. The number of amides is 1. The van der Waals surface area contributed by atoms with E-state index in [2.05, 4.69) is 5.32 Å². The number of carbonyl (C=O) groups is 1. The number of halogens is 1. The number of anilines is 1. The van der Waals surface area contributed by atoms with E-state index in [0.29, 0.717) is 22.4 Å². The normalized spacial score (nSPS) is 11.1. The third-order valence-corrected chi connectivity index (χ3v) is 6.18. The van der Waals surface area contributed by atoms with Gasteiger partial charge in [0.05, 0.1) is 10.6 Å². The average Bonchev–Trinajstić information content (AvgIpc) is 2.85. The Labute approximate surface area is 206 Å². The minimum atomic E-state index is -3.94. The first-order chi connectivity index (χ1) is 17.1. The molecule has 1 amide bonds. The van der Waals surface area contributed by atoms with Crippen LogP contribution in [0.5, 0.6) is 11.5 Å². The van der Waals surface area contributed by atoms with Gasteiger partial charge in [-0.2, -0.15) is 0 Å². The molecule has 4 rings (SSSR count). The summed E-state index contributed by atoms with van der Waals surface area (Å²) in [6.45, 7) is 0. The van der Waals surface area contributed by atoms with Gasteiger partial charge < -0.3 is 15.8 Å². The number of nitrogens with one attached hydrogen (secondary N) is 2. The Balaban J connectivity index is 1.58. The highest BCUT2D eigenvalue weighted by Gasteiger charge is 2.16. The zero-order chi connectivity index (χ0) is 25.9. The second-order valence-corrected chi connectivity index (χ2v) is 9.29. The Bertz CT molecular complexity index is 1570. The summed E-state index contributed by atoms with van der Waals surface area (Å²) in [5.74, 6) is -0.714. The van der Waals surface area contributed by atoms with Gasteiger partial charge in [-0.05, 0) is 48.0 Å². The average molecular weight is 505 g/mol.